The molecule has 1 heterocycles. The van der Waals surface area contributed by atoms with E-state index >= 15 is 0 Å². The highest BCUT2D eigenvalue weighted by molar-refractivity contribution is 6.05. The molecule has 0 saturated carbocycles. The van der Waals surface area contributed by atoms with Gasteiger partial charge in [-0.1, -0.05) is 17.9 Å². The summed E-state index contributed by atoms with van der Waals surface area (Å²) in [6.07, 6.45) is 3.73. The van der Waals surface area contributed by atoms with E-state index in [1.807, 2.05) is 12.1 Å². The lowest BCUT2D eigenvalue weighted by Gasteiger charge is -2.16. The van der Waals surface area contributed by atoms with Crippen LogP contribution in [0.15, 0.2) is 48.8 Å². The van der Waals surface area contributed by atoms with Crippen molar-refractivity contribution in [3.05, 3.63) is 59.9 Å². The molecule has 0 radical (unpaired) electrons. The van der Waals surface area contributed by atoms with Gasteiger partial charge in [0, 0.05) is 30.8 Å². The number of hydrogen-bond donors (Lipinski definition) is 1. The minimum atomic E-state index is -0.117. The average Bonchev–Trinajstić information content (AvgIpc) is 2.55. The molecule has 0 saturated heterocycles. The third kappa shape index (κ3) is 3.91. The lowest BCUT2D eigenvalue weighted by Crippen LogP contribution is -2.26. The van der Waals surface area contributed by atoms with Gasteiger partial charge in [-0.05, 0) is 30.3 Å². The molecule has 1 aromatic heterocycles. The van der Waals surface area contributed by atoms with Crippen molar-refractivity contribution in [2.24, 2.45) is 0 Å². The number of aliphatic hydroxyl groups is 1. The maximum Gasteiger partial charge on any atom is 0.258 e. The zero-order chi connectivity index (χ0) is 15.1. The zero-order valence-electron chi connectivity index (χ0n) is 11.8. The Bertz CT molecular complexity index is 672. The molecule has 0 fully saturated rings. The lowest BCUT2D eigenvalue weighted by molar-refractivity contribution is 0.0993. The third-order valence-electron chi connectivity index (χ3n) is 2.92. The van der Waals surface area contributed by atoms with Gasteiger partial charge in [-0.2, -0.15) is 0 Å². The first-order chi connectivity index (χ1) is 10.2. The largest absolute Gasteiger partial charge is 0.395 e. The second-order valence-electron chi connectivity index (χ2n) is 4.43. The molecule has 106 valence electrons. The minimum Gasteiger partial charge on any atom is -0.395 e. The summed E-state index contributed by atoms with van der Waals surface area (Å²) in [6.45, 7) is 0.0371. The zero-order valence-corrected chi connectivity index (χ0v) is 11.8. The summed E-state index contributed by atoms with van der Waals surface area (Å²) in [5.74, 6) is 5.65. The Hall–Kier alpha value is -2.64. The molecule has 0 aliphatic carbocycles. The number of carbonyl (C=O) groups excluding carboxylic acids is 1. The lowest BCUT2D eigenvalue weighted by atomic mass is 10.1. The molecule has 1 aromatic carbocycles. The summed E-state index contributed by atoms with van der Waals surface area (Å²) in [7, 11) is 1.71. The fraction of sp³-hybridized carbons (Fsp3) is 0.176. The van der Waals surface area contributed by atoms with Crippen LogP contribution in [0.4, 0.5) is 5.69 Å². The first-order valence-corrected chi connectivity index (χ1v) is 6.60. The Morgan fingerprint density at radius 1 is 1.33 bits per heavy atom. The highest BCUT2D eigenvalue weighted by atomic mass is 16.2. The van der Waals surface area contributed by atoms with Crippen LogP contribution in [0.25, 0.3) is 0 Å². The number of carbonyl (C=O) groups is 1. The van der Waals surface area contributed by atoms with Crippen LogP contribution in [0.3, 0.4) is 0 Å². The number of anilines is 1. The van der Waals surface area contributed by atoms with Gasteiger partial charge in [0.1, 0.15) is 0 Å². The molecule has 1 N–H and O–H groups in total. The van der Waals surface area contributed by atoms with Crippen molar-refractivity contribution in [1.82, 2.24) is 4.98 Å². The van der Waals surface area contributed by atoms with Crippen molar-refractivity contribution in [3.63, 3.8) is 0 Å². The van der Waals surface area contributed by atoms with E-state index in [9.17, 15) is 4.79 Å². The first kappa shape index (κ1) is 14.8. The van der Waals surface area contributed by atoms with E-state index in [-0.39, 0.29) is 12.5 Å². The second-order valence-corrected chi connectivity index (χ2v) is 4.43. The standard InChI is InChI=1S/C17H16N2O2/c1-19(16-9-5-10-18-13-16)17(21)15-8-4-7-14(12-15)6-2-3-11-20/h4-5,7-10,12-13,20H,3,11H2,1H3. The number of aromatic nitrogens is 1. The number of aliphatic hydroxyl groups excluding tert-OH is 1. The van der Waals surface area contributed by atoms with Gasteiger partial charge in [0.05, 0.1) is 18.5 Å². The Morgan fingerprint density at radius 2 is 2.19 bits per heavy atom. The Balaban J connectivity index is 2.20. The second kappa shape index (κ2) is 7.22. The molecule has 0 aliphatic heterocycles. The van der Waals surface area contributed by atoms with Crippen LogP contribution in [0.5, 0.6) is 0 Å². The molecule has 0 aliphatic rings. The maximum atomic E-state index is 12.4. The fourth-order valence-corrected chi connectivity index (χ4v) is 1.81. The van der Waals surface area contributed by atoms with Crippen molar-refractivity contribution in [3.8, 4) is 11.8 Å². The van der Waals surface area contributed by atoms with Gasteiger partial charge >= 0.3 is 0 Å². The highest BCUT2D eigenvalue weighted by Gasteiger charge is 2.13. The van der Waals surface area contributed by atoms with Gasteiger partial charge in [0.25, 0.3) is 5.91 Å². The number of amides is 1. The number of pyridine rings is 1. The molecule has 0 atom stereocenters. The number of hydrogen-bond acceptors (Lipinski definition) is 3. The van der Waals surface area contributed by atoms with Gasteiger partial charge in [0.15, 0.2) is 0 Å². The molecule has 4 nitrogen and oxygen atoms in total. The molecule has 0 spiro atoms. The Morgan fingerprint density at radius 3 is 2.90 bits per heavy atom. The van der Waals surface area contributed by atoms with Gasteiger partial charge in [-0.3, -0.25) is 9.78 Å². The molecule has 4 heteroatoms. The summed E-state index contributed by atoms with van der Waals surface area (Å²) in [4.78, 5) is 18.0. The van der Waals surface area contributed by atoms with Crippen molar-refractivity contribution in [2.75, 3.05) is 18.6 Å². The Labute approximate surface area is 124 Å². The molecule has 2 rings (SSSR count). The molecule has 0 unspecified atom stereocenters. The molecule has 2 aromatic rings. The van der Waals surface area contributed by atoms with Crippen LogP contribution < -0.4 is 4.90 Å². The number of benzene rings is 1. The first-order valence-electron chi connectivity index (χ1n) is 6.60. The van der Waals surface area contributed by atoms with Crippen molar-refractivity contribution in [1.29, 1.82) is 0 Å². The van der Waals surface area contributed by atoms with Crippen LogP contribution in [-0.4, -0.2) is 29.7 Å². The maximum absolute atomic E-state index is 12.4. The van der Waals surface area contributed by atoms with E-state index < -0.39 is 0 Å². The van der Waals surface area contributed by atoms with Crippen LogP contribution in [-0.2, 0) is 0 Å². The van der Waals surface area contributed by atoms with E-state index in [1.54, 1.807) is 48.6 Å². The molecule has 0 bridgehead atoms. The van der Waals surface area contributed by atoms with Gasteiger partial charge in [-0.15, -0.1) is 0 Å². The van der Waals surface area contributed by atoms with E-state index in [0.29, 0.717) is 12.0 Å². The molecular formula is C17H16N2O2. The van der Waals surface area contributed by atoms with Crippen LogP contribution >= 0.6 is 0 Å². The SMILES string of the molecule is CN(C(=O)c1cccc(C#CCCO)c1)c1cccnc1. The third-order valence-corrected chi connectivity index (χ3v) is 2.92. The van der Waals surface area contributed by atoms with E-state index in [2.05, 4.69) is 16.8 Å². The number of rotatable bonds is 3. The van der Waals surface area contributed by atoms with Gasteiger partial charge in [-0.25, -0.2) is 0 Å². The molecule has 21 heavy (non-hydrogen) atoms. The average molecular weight is 280 g/mol. The predicted molar refractivity (Wildman–Crippen MR) is 82.0 cm³/mol. The van der Waals surface area contributed by atoms with Crippen molar-refractivity contribution >= 4 is 11.6 Å². The summed E-state index contributed by atoms with van der Waals surface area (Å²) < 4.78 is 0. The van der Waals surface area contributed by atoms with Crippen LogP contribution in [0.1, 0.15) is 22.3 Å². The Kier molecular flexibility index (Phi) is 5.08. The van der Waals surface area contributed by atoms with E-state index in [4.69, 9.17) is 5.11 Å². The van der Waals surface area contributed by atoms with Crippen molar-refractivity contribution in [2.45, 2.75) is 6.42 Å². The fourth-order valence-electron chi connectivity index (χ4n) is 1.81. The predicted octanol–water partition coefficient (Wildman–Crippen LogP) is 2.09. The van der Waals surface area contributed by atoms with Gasteiger partial charge < -0.3 is 10.0 Å². The molecular weight excluding hydrogens is 264 g/mol. The minimum absolute atomic E-state index is 0.0371. The monoisotopic (exact) mass is 280 g/mol. The summed E-state index contributed by atoms with van der Waals surface area (Å²) in [5.41, 5.74) is 2.06. The normalized spacial score (nSPS) is 9.62. The molecule has 1 amide bonds. The highest BCUT2D eigenvalue weighted by Crippen LogP contribution is 2.14. The summed E-state index contributed by atoms with van der Waals surface area (Å²) in [5, 5.41) is 8.72. The summed E-state index contributed by atoms with van der Waals surface area (Å²) in [6, 6.07) is 10.8. The van der Waals surface area contributed by atoms with E-state index in [1.165, 1.54) is 0 Å². The van der Waals surface area contributed by atoms with E-state index in [0.717, 1.165) is 11.3 Å². The smallest absolute Gasteiger partial charge is 0.258 e. The summed E-state index contributed by atoms with van der Waals surface area (Å²) >= 11 is 0. The quantitative estimate of drug-likeness (QED) is 0.876. The van der Waals surface area contributed by atoms with Crippen molar-refractivity contribution < 1.29 is 9.90 Å². The van der Waals surface area contributed by atoms with Crippen LogP contribution in [0, 0.1) is 11.8 Å². The van der Waals surface area contributed by atoms with Crippen LogP contribution in [0.2, 0.25) is 0 Å². The number of nitrogens with zero attached hydrogens (tertiary/aromatic N) is 2. The van der Waals surface area contributed by atoms with Gasteiger partial charge in [0.2, 0.25) is 0 Å². The topological polar surface area (TPSA) is 53.4 Å².